The van der Waals surface area contributed by atoms with E-state index in [4.69, 9.17) is 4.74 Å². The molecular formula is C12H15F4NO2. The third-order valence-corrected chi connectivity index (χ3v) is 2.44. The van der Waals surface area contributed by atoms with Crippen LogP contribution in [0.4, 0.5) is 17.6 Å². The van der Waals surface area contributed by atoms with E-state index < -0.39 is 25.4 Å². The number of halogens is 4. The van der Waals surface area contributed by atoms with Gasteiger partial charge in [0.25, 0.3) is 0 Å². The van der Waals surface area contributed by atoms with Crippen LogP contribution in [0, 0.1) is 5.82 Å². The third-order valence-electron chi connectivity index (χ3n) is 2.44. The summed E-state index contributed by atoms with van der Waals surface area (Å²) in [6, 6.07) is 3.75. The minimum absolute atomic E-state index is 0.127. The molecule has 0 bridgehead atoms. The van der Waals surface area contributed by atoms with Gasteiger partial charge in [-0.2, -0.15) is 13.2 Å². The summed E-state index contributed by atoms with van der Waals surface area (Å²) in [7, 11) is 1.71. The quantitative estimate of drug-likeness (QED) is 0.494. The molecule has 1 rings (SSSR count). The van der Waals surface area contributed by atoms with Gasteiger partial charge in [-0.1, -0.05) is 6.07 Å². The number of hydrogen-bond donors (Lipinski definition) is 1. The molecule has 0 aromatic heterocycles. The molecule has 0 saturated heterocycles. The second-order valence-electron chi connectivity index (χ2n) is 3.92. The van der Waals surface area contributed by atoms with Crippen molar-refractivity contribution in [1.82, 2.24) is 5.32 Å². The lowest BCUT2D eigenvalue weighted by atomic mass is 10.1. The van der Waals surface area contributed by atoms with E-state index in [1.54, 1.807) is 7.05 Å². The third kappa shape index (κ3) is 5.44. The fourth-order valence-electron chi connectivity index (χ4n) is 1.41. The number of benzene rings is 1. The number of rotatable bonds is 6. The van der Waals surface area contributed by atoms with E-state index in [0.29, 0.717) is 5.56 Å². The minimum Gasteiger partial charge on any atom is -0.467 e. The van der Waals surface area contributed by atoms with Gasteiger partial charge in [0.15, 0.2) is 6.79 Å². The van der Waals surface area contributed by atoms with Crippen molar-refractivity contribution in [2.45, 2.75) is 19.1 Å². The van der Waals surface area contributed by atoms with Crippen LogP contribution < -0.4 is 10.1 Å². The van der Waals surface area contributed by atoms with Gasteiger partial charge in [-0.25, -0.2) is 4.39 Å². The number of nitrogens with one attached hydrogen (secondary N) is 1. The highest BCUT2D eigenvalue weighted by Crippen LogP contribution is 2.26. The second kappa shape index (κ2) is 6.72. The highest BCUT2D eigenvalue weighted by atomic mass is 19.4. The van der Waals surface area contributed by atoms with E-state index >= 15 is 0 Å². The Morgan fingerprint density at radius 3 is 2.58 bits per heavy atom. The van der Waals surface area contributed by atoms with Crippen molar-refractivity contribution in [3.8, 4) is 5.75 Å². The molecule has 0 saturated carbocycles. The topological polar surface area (TPSA) is 30.5 Å². The monoisotopic (exact) mass is 281 g/mol. The Morgan fingerprint density at radius 2 is 2.00 bits per heavy atom. The van der Waals surface area contributed by atoms with Crippen LogP contribution >= 0.6 is 0 Å². The van der Waals surface area contributed by atoms with E-state index in [9.17, 15) is 17.6 Å². The van der Waals surface area contributed by atoms with Gasteiger partial charge in [0.2, 0.25) is 0 Å². The van der Waals surface area contributed by atoms with Crippen LogP contribution in [0.3, 0.4) is 0 Å². The van der Waals surface area contributed by atoms with Crippen molar-refractivity contribution in [2.24, 2.45) is 0 Å². The average molecular weight is 281 g/mol. The molecule has 0 radical (unpaired) electrons. The Labute approximate surface area is 108 Å². The van der Waals surface area contributed by atoms with Crippen LogP contribution in [0.5, 0.6) is 5.75 Å². The number of alkyl halides is 3. The lowest BCUT2D eigenvalue weighted by molar-refractivity contribution is -0.186. The Kier molecular flexibility index (Phi) is 5.56. The molecule has 19 heavy (non-hydrogen) atoms. The Morgan fingerprint density at radius 1 is 1.32 bits per heavy atom. The summed E-state index contributed by atoms with van der Waals surface area (Å²) in [6.07, 6.45) is -4.41. The van der Waals surface area contributed by atoms with Gasteiger partial charge in [-0.3, -0.25) is 0 Å². The summed E-state index contributed by atoms with van der Waals surface area (Å²) in [5.41, 5.74) is 0.638. The molecule has 0 aliphatic carbocycles. The Bertz CT molecular complexity index is 409. The zero-order valence-electron chi connectivity index (χ0n) is 10.6. The van der Waals surface area contributed by atoms with Crippen molar-refractivity contribution in [1.29, 1.82) is 0 Å². The molecular weight excluding hydrogens is 266 g/mol. The molecule has 0 fully saturated rings. The fourth-order valence-corrected chi connectivity index (χ4v) is 1.41. The lowest BCUT2D eigenvalue weighted by Gasteiger charge is -2.17. The lowest BCUT2D eigenvalue weighted by Crippen LogP contribution is -2.20. The summed E-state index contributed by atoms with van der Waals surface area (Å²) >= 11 is 0. The highest BCUT2D eigenvalue weighted by Gasteiger charge is 2.27. The molecule has 0 heterocycles. The first kappa shape index (κ1) is 15.7. The standard InChI is InChI=1S/C12H15F4NO2/c1-8(17-2)10-4-3-9(13)5-11(10)19-7-18-6-12(14,15)16/h3-5,8,17H,6-7H2,1-2H3. The summed E-state index contributed by atoms with van der Waals surface area (Å²) in [6.45, 7) is -0.178. The molecule has 1 N–H and O–H groups in total. The minimum atomic E-state index is -4.41. The Hall–Kier alpha value is -1.34. The SMILES string of the molecule is CNC(C)c1ccc(F)cc1OCOCC(F)(F)F. The maximum absolute atomic E-state index is 13.1. The van der Waals surface area contributed by atoms with Crippen LogP contribution in [0.2, 0.25) is 0 Å². The number of ether oxygens (including phenoxy) is 2. The van der Waals surface area contributed by atoms with Crippen LogP contribution in [0.25, 0.3) is 0 Å². The normalized spacial score (nSPS) is 13.4. The van der Waals surface area contributed by atoms with E-state index in [1.165, 1.54) is 12.1 Å². The van der Waals surface area contributed by atoms with E-state index in [0.717, 1.165) is 6.07 Å². The smallest absolute Gasteiger partial charge is 0.411 e. The van der Waals surface area contributed by atoms with Crippen LogP contribution in [-0.4, -0.2) is 26.6 Å². The predicted octanol–water partition coefficient (Wildman–Crippen LogP) is 3.02. The van der Waals surface area contributed by atoms with Gasteiger partial charge in [-0.05, 0) is 20.0 Å². The van der Waals surface area contributed by atoms with Crippen molar-refractivity contribution < 1.29 is 27.0 Å². The molecule has 0 spiro atoms. The zero-order chi connectivity index (χ0) is 14.5. The summed E-state index contributed by atoms with van der Waals surface area (Å²) in [5, 5.41) is 2.93. The zero-order valence-corrected chi connectivity index (χ0v) is 10.6. The maximum Gasteiger partial charge on any atom is 0.411 e. The van der Waals surface area contributed by atoms with E-state index in [-0.39, 0.29) is 11.8 Å². The summed E-state index contributed by atoms with van der Waals surface area (Å²) < 4.78 is 58.0. The van der Waals surface area contributed by atoms with Crippen LogP contribution in [-0.2, 0) is 4.74 Å². The van der Waals surface area contributed by atoms with Gasteiger partial charge in [-0.15, -0.1) is 0 Å². The first-order valence-electron chi connectivity index (χ1n) is 5.57. The average Bonchev–Trinajstić information content (AvgIpc) is 2.33. The summed E-state index contributed by atoms with van der Waals surface area (Å²) in [4.78, 5) is 0. The van der Waals surface area contributed by atoms with Crippen molar-refractivity contribution in [3.05, 3.63) is 29.6 Å². The molecule has 0 aliphatic rings. The molecule has 0 amide bonds. The molecule has 0 aliphatic heterocycles. The fraction of sp³-hybridized carbons (Fsp3) is 0.500. The molecule has 1 unspecified atom stereocenters. The Balaban J connectivity index is 2.63. The van der Waals surface area contributed by atoms with E-state index in [1.807, 2.05) is 6.92 Å². The maximum atomic E-state index is 13.1. The number of hydrogen-bond acceptors (Lipinski definition) is 3. The molecule has 108 valence electrons. The van der Waals surface area contributed by atoms with Crippen LogP contribution in [0.15, 0.2) is 18.2 Å². The molecule has 1 aromatic rings. The van der Waals surface area contributed by atoms with Crippen molar-refractivity contribution >= 4 is 0 Å². The molecule has 1 atom stereocenters. The molecule has 7 heteroatoms. The van der Waals surface area contributed by atoms with Crippen LogP contribution in [0.1, 0.15) is 18.5 Å². The molecule has 1 aromatic carbocycles. The van der Waals surface area contributed by atoms with Crippen molar-refractivity contribution in [2.75, 3.05) is 20.4 Å². The first-order valence-corrected chi connectivity index (χ1v) is 5.57. The van der Waals surface area contributed by atoms with Gasteiger partial charge in [0.05, 0.1) is 0 Å². The van der Waals surface area contributed by atoms with Crippen molar-refractivity contribution in [3.63, 3.8) is 0 Å². The van der Waals surface area contributed by atoms with Gasteiger partial charge in [0.1, 0.15) is 18.2 Å². The van der Waals surface area contributed by atoms with Gasteiger partial charge >= 0.3 is 6.18 Å². The second-order valence-corrected chi connectivity index (χ2v) is 3.92. The highest BCUT2D eigenvalue weighted by molar-refractivity contribution is 5.36. The van der Waals surface area contributed by atoms with Gasteiger partial charge < -0.3 is 14.8 Å². The first-order chi connectivity index (χ1) is 8.83. The largest absolute Gasteiger partial charge is 0.467 e. The molecule has 3 nitrogen and oxygen atoms in total. The summed E-state index contributed by atoms with van der Waals surface area (Å²) in [5.74, 6) is -0.373. The predicted molar refractivity (Wildman–Crippen MR) is 61.4 cm³/mol. The van der Waals surface area contributed by atoms with Gasteiger partial charge in [0, 0.05) is 17.7 Å². The van der Waals surface area contributed by atoms with E-state index in [2.05, 4.69) is 10.1 Å².